The van der Waals surface area contributed by atoms with Crippen LogP contribution >= 0.6 is 0 Å². The average molecular weight is 548 g/mol. The highest BCUT2D eigenvalue weighted by atomic mass is 19.1. The van der Waals surface area contributed by atoms with E-state index in [0.29, 0.717) is 50.7 Å². The highest BCUT2D eigenvalue weighted by Crippen LogP contribution is 2.29. The van der Waals surface area contributed by atoms with Gasteiger partial charge in [0.15, 0.2) is 6.61 Å². The number of carbonyl (C=O) groups is 1. The standard InChI is InChI=1S/C30H31F2N5O3/c1-21-27(34-40-33-21)19-35(2)18-24-17-23(22-7-10-25(31)11-8-22)9-12-29(24)39-20-30(38)37-15-13-36(14-16-37)28-6-4-3-5-26(28)32/h3-12,17H,13-16,18-20H2,1-2H3. The molecule has 0 bridgehead atoms. The molecule has 2 heterocycles. The van der Waals surface area contributed by atoms with Crippen LogP contribution in [0, 0.1) is 18.6 Å². The van der Waals surface area contributed by atoms with E-state index in [1.807, 2.05) is 48.0 Å². The summed E-state index contributed by atoms with van der Waals surface area (Å²) >= 11 is 0. The van der Waals surface area contributed by atoms with Gasteiger partial charge in [0.2, 0.25) is 0 Å². The van der Waals surface area contributed by atoms with Gasteiger partial charge >= 0.3 is 0 Å². The van der Waals surface area contributed by atoms with Crippen LogP contribution in [0.1, 0.15) is 17.0 Å². The number of nitrogens with zero attached hydrogens (tertiary/aromatic N) is 5. The molecule has 3 aromatic carbocycles. The lowest BCUT2D eigenvalue weighted by Gasteiger charge is -2.36. The van der Waals surface area contributed by atoms with Crippen LogP contribution < -0.4 is 9.64 Å². The van der Waals surface area contributed by atoms with Crippen molar-refractivity contribution in [3.05, 3.63) is 95.3 Å². The Morgan fingerprint density at radius 3 is 2.38 bits per heavy atom. The number of ether oxygens (including phenoxy) is 1. The van der Waals surface area contributed by atoms with E-state index in [9.17, 15) is 13.6 Å². The van der Waals surface area contributed by atoms with E-state index < -0.39 is 0 Å². The van der Waals surface area contributed by atoms with Crippen LogP contribution in [-0.4, -0.2) is 65.9 Å². The number of amides is 1. The number of hydrogen-bond acceptors (Lipinski definition) is 7. The monoisotopic (exact) mass is 547 g/mol. The van der Waals surface area contributed by atoms with Gasteiger partial charge in [0.1, 0.15) is 28.8 Å². The van der Waals surface area contributed by atoms with Crippen LogP contribution in [0.5, 0.6) is 5.75 Å². The summed E-state index contributed by atoms with van der Waals surface area (Å²) in [5.41, 5.74) is 4.67. The molecule has 4 aromatic rings. The number of carbonyl (C=O) groups excluding carboxylic acids is 1. The van der Waals surface area contributed by atoms with E-state index in [1.54, 1.807) is 29.2 Å². The molecule has 1 aliphatic rings. The van der Waals surface area contributed by atoms with Crippen molar-refractivity contribution in [1.29, 1.82) is 0 Å². The second-order valence-corrected chi connectivity index (χ2v) is 9.91. The maximum atomic E-state index is 14.2. The highest BCUT2D eigenvalue weighted by molar-refractivity contribution is 5.78. The molecule has 1 aromatic heterocycles. The number of rotatable bonds is 9. The molecule has 0 saturated carbocycles. The molecule has 0 unspecified atom stereocenters. The fourth-order valence-corrected chi connectivity index (χ4v) is 4.80. The Morgan fingerprint density at radius 2 is 1.68 bits per heavy atom. The summed E-state index contributed by atoms with van der Waals surface area (Å²) in [6.45, 7) is 4.81. The summed E-state index contributed by atoms with van der Waals surface area (Å²) in [6.07, 6.45) is 0. The highest BCUT2D eigenvalue weighted by Gasteiger charge is 2.23. The van der Waals surface area contributed by atoms with Gasteiger partial charge in [-0.3, -0.25) is 9.69 Å². The maximum absolute atomic E-state index is 14.2. The van der Waals surface area contributed by atoms with E-state index in [1.165, 1.54) is 18.2 Å². The van der Waals surface area contributed by atoms with Crippen molar-refractivity contribution in [2.24, 2.45) is 0 Å². The molecule has 0 N–H and O–H groups in total. The van der Waals surface area contributed by atoms with Crippen molar-refractivity contribution in [2.75, 3.05) is 44.7 Å². The van der Waals surface area contributed by atoms with Crippen molar-refractivity contribution in [2.45, 2.75) is 20.0 Å². The van der Waals surface area contributed by atoms with Crippen LogP contribution in [0.3, 0.4) is 0 Å². The molecule has 5 rings (SSSR count). The predicted molar refractivity (Wildman–Crippen MR) is 147 cm³/mol. The minimum absolute atomic E-state index is 0.112. The largest absolute Gasteiger partial charge is 0.483 e. The van der Waals surface area contributed by atoms with Gasteiger partial charge < -0.3 is 14.5 Å². The number of aromatic nitrogens is 2. The van der Waals surface area contributed by atoms with Crippen molar-refractivity contribution >= 4 is 11.6 Å². The Morgan fingerprint density at radius 1 is 0.950 bits per heavy atom. The normalized spacial score (nSPS) is 13.6. The van der Waals surface area contributed by atoms with Gasteiger partial charge in [-0.15, -0.1) is 0 Å². The van der Waals surface area contributed by atoms with Gasteiger partial charge in [-0.25, -0.2) is 13.4 Å². The molecule has 1 fully saturated rings. The molecular formula is C30H31F2N5O3. The third-order valence-corrected chi connectivity index (χ3v) is 7.02. The number of piperazine rings is 1. The number of para-hydroxylation sites is 1. The second kappa shape index (κ2) is 12.3. The quantitative estimate of drug-likeness (QED) is 0.301. The molecular weight excluding hydrogens is 516 g/mol. The lowest BCUT2D eigenvalue weighted by molar-refractivity contribution is -0.133. The smallest absolute Gasteiger partial charge is 0.260 e. The Labute approximate surface area is 231 Å². The van der Waals surface area contributed by atoms with Crippen LogP contribution in [0.25, 0.3) is 11.1 Å². The zero-order chi connectivity index (χ0) is 28.1. The fraction of sp³-hybridized carbons (Fsp3) is 0.300. The van der Waals surface area contributed by atoms with E-state index in [-0.39, 0.29) is 24.1 Å². The third kappa shape index (κ3) is 6.45. The van der Waals surface area contributed by atoms with Gasteiger partial charge in [-0.1, -0.05) is 40.6 Å². The van der Waals surface area contributed by atoms with Gasteiger partial charge in [0.25, 0.3) is 5.91 Å². The third-order valence-electron chi connectivity index (χ3n) is 7.02. The Kier molecular flexibility index (Phi) is 8.35. The average Bonchev–Trinajstić information content (AvgIpc) is 3.36. The summed E-state index contributed by atoms with van der Waals surface area (Å²) in [6, 6.07) is 18.7. The number of benzene rings is 3. The molecule has 1 aliphatic heterocycles. The summed E-state index contributed by atoms with van der Waals surface area (Å²) < 4.78 is 38.5. The van der Waals surface area contributed by atoms with E-state index in [4.69, 9.17) is 9.37 Å². The molecule has 1 saturated heterocycles. The molecule has 10 heteroatoms. The van der Waals surface area contributed by atoms with Crippen LogP contribution in [-0.2, 0) is 17.9 Å². The van der Waals surface area contributed by atoms with Crippen LogP contribution in [0.15, 0.2) is 71.4 Å². The van der Waals surface area contributed by atoms with Gasteiger partial charge in [-0.2, -0.15) is 0 Å². The molecule has 208 valence electrons. The minimum Gasteiger partial charge on any atom is -0.483 e. The van der Waals surface area contributed by atoms with E-state index >= 15 is 0 Å². The summed E-state index contributed by atoms with van der Waals surface area (Å²) in [5, 5.41) is 7.81. The lowest BCUT2D eigenvalue weighted by atomic mass is 10.0. The number of halogens is 2. The molecule has 0 aliphatic carbocycles. The first-order valence-electron chi connectivity index (χ1n) is 13.1. The fourth-order valence-electron chi connectivity index (χ4n) is 4.80. The zero-order valence-electron chi connectivity index (χ0n) is 22.5. The second-order valence-electron chi connectivity index (χ2n) is 9.91. The Hall–Kier alpha value is -4.31. The zero-order valence-corrected chi connectivity index (χ0v) is 22.5. The molecule has 0 spiro atoms. The predicted octanol–water partition coefficient (Wildman–Crippen LogP) is 4.68. The van der Waals surface area contributed by atoms with Crippen molar-refractivity contribution < 1.29 is 22.9 Å². The van der Waals surface area contributed by atoms with Crippen molar-refractivity contribution in [1.82, 2.24) is 20.1 Å². The first-order chi connectivity index (χ1) is 19.4. The Balaban J connectivity index is 1.26. The van der Waals surface area contributed by atoms with E-state index in [0.717, 1.165) is 28.1 Å². The Bertz CT molecular complexity index is 1450. The van der Waals surface area contributed by atoms with Crippen LogP contribution in [0.4, 0.5) is 14.5 Å². The van der Waals surface area contributed by atoms with Crippen molar-refractivity contribution in [3.8, 4) is 16.9 Å². The SMILES string of the molecule is Cc1nonc1CN(C)Cc1cc(-c2ccc(F)cc2)ccc1OCC(=O)N1CCN(c2ccccc2F)CC1. The first-order valence-corrected chi connectivity index (χ1v) is 13.1. The number of hydrogen-bond donors (Lipinski definition) is 0. The summed E-state index contributed by atoms with van der Waals surface area (Å²) in [7, 11) is 1.95. The molecule has 8 nitrogen and oxygen atoms in total. The summed E-state index contributed by atoms with van der Waals surface area (Å²) in [4.78, 5) is 18.8. The molecule has 1 amide bonds. The van der Waals surface area contributed by atoms with Gasteiger partial charge in [0, 0.05) is 44.8 Å². The topological polar surface area (TPSA) is 74.9 Å². The van der Waals surface area contributed by atoms with Gasteiger partial charge in [0.05, 0.1) is 5.69 Å². The van der Waals surface area contributed by atoms with Crippen LogP contribution in [0.2, 0.25) is 0 Å². The van der Waals surface area contributed by atoms with Gasteiger partial charge in [-0.05, 0) is 61.5 Å². The number of aryl methyl sites for hydroxylation is 1. The van der Waals surface area contributed by atoms with Crippen molar-refractivity contribution in [3.63, 3.8) is 0 Å². The molecule has 40 heavy (non-hydrogen) atoms. The molecule has 0 atom stereocenters. The minimum atomic E-state index is -0.298. The molecule has 0 radical (unpaired) electrons. The number of anilines is 1. The lowest BCUT2D eigenvalue weighted by Crippen LogP contribution is -2.50. The maximum Gasteiger partial charge on any atom is 0.260 e. The first kappa shape index (κ1) is 27.3. The summed E-state index contributed by atoms with van der Waals surface area (Å²) in [5.74, 6) is -0.0962. The van der Waals surface area contributed by atoms with E-state index in [2.05, 4.69) is 10.3 Å².